The molecule has 0 atom stereocenters. The van der Waals surface area contributed by atoms with Crippen molar-refractivity contribution in [3.8, 4) is 5.75 Å². The first-order valence-corrected chi connectivity index (χ1v) is 7.70. The lowest BCUT2D eigenvalue weighted by Crippen LogP contribution is -2.44. The highest BCUT2D eigenvalue weighted by atomic mass is 32.2. The fourth-order valence-electron chi connectivity index (χ4n) is 2.03. The van der Waals surface area contributed by atoms with Crippen LogP contribution in [0.2, 0.25) is 0 Å². The zero-order valence-electron chi connectivity index (χ0n) is 10.7. The fraction of sp³-hybridized carbons (Fsp3) is 0.538. The van der Waals surface area contributed by atoms with Gasteiger partial charge < -0.3 is 10.5 Å². The van der Waals surface area contributed by atoms with Gasteiger partial charge in [-0.2, -0.15) is 0 Å². The summed E-state index contributed by atoms with van der Waals surface area (Å²) in [5.41, 5.74) is 5.64. The molecule has 4 nitrogen and oxygen atoms in total. The Balaban J connectivity index is 2.14. The third kappa shape index (κ3) is 2.67. The van der Waals surface area contributed by atoms with Gasteiger partial charge in [0, 0.05) is 6.04 Å². The summed E-state index contributed by atoms with van der Waals surface area (Å²) in [4.78, 5) is 0.357. The highest BCUT2D eigenvalue weighted by Crippen LogP contribution is 2.31. The van der Waals surface area contributed by atoms with Gasteiger partial charge in [-0.25, -0.2) is 8.42 Å². The molecule has 18 heavy (non-hydrogen) atoms. The third-order valence-corrected chi connectivity index (χ3v) is 5.29. The number of ether oxygens (including phenoxy) is 1. The maximum absolute atomic E-state index is 12.2. The van der Waals surface area contributed by atoms with Gasteiger partial charge in [-0.05, 0) is 51.0 Å². The van der Waals surface area contributed by atoms with Gasteiger partial charge in [0.1, 0.15) is 5.75 Å². The largest absolute Gasteiger partial charge is 0.491 e. The summed E-state index contributed by atoms with van der Waals surface area (Å²) in [6.07, 6.45) is 1.20. The zero-order chi connectivity index (χ0) is 13.3. The van der Waals surface area contributed by atoms with Crippen LogP contribution in [0.25, 0.3) is 0 Å². The van der Waals surface area contributed by atoms with E-state index in [1.54, 1.807) is 24.3 Å². The average molecular weight is 269 g/mol. The molecule has 0 bridgehead atoms. The predicted octanol–water partition coefficient (Wildman–Crippen LogP) is 1.74. The summed E-state index contributed by atoms with van der Waals surface area (Å²) >= 11 is 0. The Morgan fingerprint density at radius 1 is 1.22 bits per heavy atom. The monoisotopic (exact) mass is 269 g/mol. The van der Waals surface area contributed by atoms with Crippen LogP contribution in [0.4, 0.5) is 0 Å². The summed E-state index contributed by atoms with van der Waals surface area (Å²) in [6, 6.07) is 6.65. The number of rotatable bonds is 4. The number of benzene rings is 1. The molecule has 0 heterocycles. The lowest BCUT2D eigenvalue weighted by Gasteiger charge is -2.31. The van der Waals surface area contributed by atoms with Gasteiger partial charge in [-0.15, -0.1) is 0 Å². The van der Waals surface area contributed by atoms with Crippen molar-refractivity contribution in [3.63, 3.8) is 0 Å². The normalized spacial score (nSPS) is 23.8. The lowest BCUT2D eigenvalue weighted by atomic mass is 9.93. The van der Waals surface area contributed by atoms with E-state index in [0.29, 0.717) is 23.5 Å². The molecule has 0 amide bonds. The zero-order valence-corrected chi connectivity index (χ0v) is 11.5. The molecule has 0 aliphatic heterocycles. The standard InChI is InChI=1S/C13H19NO3S/c1-9(2)17-11-3-5-12(6-4-11)18(15,16)13-7-10(14)8-13/h3-6,9-10,13H,7-8,14H2,1-2H3. The topological polar surface area (TPSA) is 69.4 Å². The molecule has 0 radical (unpaired) electrons. The van der Waals surface area contributed by atoms with Crippen LogP contribution in [0.1, 0.15) is 26.7 Å². The minimum absolute atomic E-state index is 0.0355. The van der Waals surface area contributed by atoms with E-state index in [9.17, 15) is 8.42 Å². The molecule has 1 aliphatic carbocycles. The van der Waals surface area contributed by atoms with Gasteiger partial charge in [0.2, 0.25) is 0 Å². The molecular formula is C13H19NO3S. The van der Waals surface area contributed by atoms with E-state index in [1.807, 2.05) is 13.8 Å². The molecule has 1 fully saturated rings. The van der Waals surface area contributed by atoms with Crippen LogP contribution in [-0.2, 0) is 9.84 Å². The maximum Gasteiger partial charge on any atom is 0.181 e. The molecule has 0 unspecified atom stereocenters. The molecule has 0 spiro atoms. The number of sulfone groups is 1. The average Bonchev–Trinajstić information content (AvgIpc) is 2.24. The van der Waals surface area contributed by atoms with Crippen LogP contribution in [-0.4, -0.2) is 25.8 Å². The molecule has 1 aromatic carbocycles. The van der Waals surface area contributed by atoms with Gasteiger partial charge in [0.15, 0.2) is 9.84 Å². The van der Waals surface area contributed by atoms with Gasteiger partial charge in [-0.3, -0.25) is 0 Å². The highest BCUT2D eigenvalue weighted by molar-refractivity contribution is 7.92. The molecule has 2 rings (SSSR count). The summed E-state index contributed by atoms with van der Waals surface area (Å²) in [5.74, 6) is 0.689. The van der Waals surface area contributed by atoms with Crippen LogP contribution in [0.15, 0.2) is 29.2 Å². The Morgan fingerprint density at radius 2 is 1.78 bits per heavy atom. The van der Waals surface area contributed by atoms with Crippen LogP contribution < -0.4 is 10.5 Å². The van der Waals surface area contributed by atoms with Crippen LogP contribution in [0.5, 0.6) is 5.75 Å². The van der Waals surface area contributed by atoms with Crippen molar-refractivity contribution in [1.82, 2.24) is 0 Å². The van der Waals surface area contributed by atoms with Crippen molar-refractivity contribution < 1.29 is 13.2 Å². The van der Waals surface area contributed by atoms with Crippen LogP contribution >= 0.6 is 0 Å². The molecule has 1 aromatic rings. The van der Waals surface area contributed by atoms with E-state index in [-0.39, 0.29) is 17.4 Å². The van der Waals surface area contributed by atoms with Crippen molar-refractivity contribution in [3.05, 3.63) is 24.3 Å². The van der Waals surface area contributed by atoms with Crippen LogP contribution in [0, 0.1) is 0 Å². The lowest BCUT2D eigenvalue weighted by molar-refractivity contribution is 0.242. The van der Waals surface area contributed by atoms with E-state index in [4.69, 9.17) is 10.5 Å². The third-order valence-electron chi connectivity index (χ3n) is 3.09. The van der Waals surface area contributed by atoms with Gasteiger partial charge in [0.25, 0.3) is 0 Å². The van der Waals surface area contributed by atoms with Gasteiger partial charge in [0.05, 0.1) is 16.2 Å². The van der Waals surface area contributed by atoms with Gasteiger partial charge >= 0.3 is 0 Å². The van der Waals surface area contributed by atoms with E-state index in [0.717, 1.165) is 0 Å². The second-order valence-electron chi connectivity index (χ2n) is 5.04. The van der Waals surface area contributed by atoms with Crippen molar-refractivity contribution in [2.45, 2.75) is 49.0 Å². The second-order valence-corrected chi connectivity index (χ2v) is 7.26. The predicted molar refractivity (Wildman–Crippen MR) is 70.4 cm³/mol. The maximum atomic E-state index is 12.2. The summed E-state index contributed by atoms with van der Waals surface area (Å²) in [7, 11) is -3.22. The summed E-state index contributed by atoms with van der Waals surface area (Å²) < 4.78 is 29.9. The summed E-state index contributed by atoms with van der Waals surface area (Å²) in [6.45, 7) is 3.86. The van der Waals surface area contributed by atoms with Crippen molar-refractivity contribution in [2.75, 3.05) is 0 Å². The Hall–Kier alpha value is -1.07. The van der Waals surface area contributed by atoms with Crippen molar-refractivity contribution in [2.24, 2.45) is 5.73 Å². The number of hydrogen-bond acceptors (Lipinski definition) is 4. The fourth-order valence-corrected chi connectivity index (χ4v) is 3.93. The Kier molecular flexibility index (Phi) is 3.64. The smallest absolute Gasteiger partial charge is 0.181 e. The van der Waals surface area contributed by atoms with Crippen molar-refractivity contribution >= 4 is 9.84 Å². The van der Waals surface area contributed by atoms with E-state index < -0.39 is 9.84 Å². The van der Waals surface area contributed by atoms with E-state index in [2.05, 4.69) is 0 Å². The second kappa shape index (κ2) is 4.90. The first kappa shape index (κ1) is 13.4. The Labute approximate surface area is 108 Å². The van der Waals surface area contributed by atoms with Gasteiger partial charge in [-0.1, -0.05) is 0 Å². The number of nitrogens with two attached hydrogens (primary N) is 1. The molecule has 0 aromatic heterocycles. The molecule has 0 saturated heterocycles. The minimum atomic E-state index is -3.22. The van der Waals surface area contributed by atoms with Crippen LogP contribution in [0.3, 0.4) is 0 Å². The molecule has 1 aliphatic rings. The molecule has 1 saturated carbocycles. The first-order chi connectivity index (χ1) is 8.39. The first-order valence-electron chi connectivity index (χ1n) is 6.16. The Morgan fingerprint density at radius 3 is 2.22 bits per heavy atom. The highest BCUT2D eigenvalue weighted by Gasteiger charge is 2.37. The molecule has 100 valence electrons. The summed E-state index contributed by atoms with van der Waals surface area (Å²) in [5, 5.41) is -0.315. The Bertz CT molecular complexity index is 502. The minimum Gasteiger partial charge on any atom is -0.491 e. The van der Waals surface area contributed by atoms with Crippen molar-refractivity contribution in [1.29, 1.82) is 0 Å². The van der Waals surface area contributed by atoms with E-state index in [1.165, 1.54) is 0 Å². The SMILES string of the molecule is CC(C)Oc1ccc(S(=O)(=O)C2CC(N)C2)cc1. The molecule has 5 heteroatoms. The van der Waals surface area contributed by atoms with E-state index >= 15 is 0 Å². The number of hydrogen-bond donors (Lipinski definition) is 1. The quantitative estimate of drug-likeness (QED) is 0.904. The molecular weight excluding hydrogens is 250 g/mol. The molecule has 2 N–H and O–H groups in total.